The van der Waals surface area contributed by atoms with Crippen molar-refractivity contribution in [1.82, 2.24) is 5.32 Å². The summed E-state index contributed by atoms with van der Waals surface area (Å²) in [4.78, 5) is 0. The molecule has 41 valence electrons. The van der Waals surface area contributed by atoms with Crippen LogP contribution in [0.2, 0.25) is 0 Å². The van der Waals surface area contributed by atoms with Crippen molar-refractivity contribution in [3.8, 4) is 0 Å². The van der Waals surface area contributed by atoms with Crippen molar-refractivity contribution in [3.05, 3.63) is 5.92 Å². The summed E-state index contributed by atoms with van der Waals surface area (Å²) in [5.74, 6) is 1.68. The van der Waals surface area contributed by atoms with Gasteiger partial charge < -0.3 is 5.32 Å². The standard InChI is InChI=1S/C6H12N/c1-2-6-3-4-7-5-6/h7H,2-5H2,1H3. The lowest BCUT2D eigenvalue weighted by Crippen LogP contribution is -2.06. The maximum absolute atomic E-state index is 3.29. The van der Waals surface area contributed by atoms with E-state index in [1.54, 1.807) is 5.92 Å². The molecule has 1 heterocycles. The Morgan fingerprint density at radius 2 is 2.57 bits per heavy atom. The predicted molar refractivity (Wildman–Crippen MR) is 31.0 cm³/mol. The van der Waals surface area contributed by atoms with E-state index in [2.05, 4.69) is 12.2 Å². The molecule has 0 atom stereocenters. The number of hydrogen-bond acceptors (Lipinski definition) is 1. The summed E-state index contributed by atoms with van der Waals surface area (Å²) in [5.41, 5.74) is 0. The molecule has 1 rings (SSSR count). The van der Waals surface area contributed by atoms with Crippen molar-refractivity contribution >= 4 is 0 Å². The summed E-state index contributed by atoms with van der Waals surface area (Å²) >= 11 is 0. The summed E-state index contributed by atoms with van der Waals surface area (Å²) < 4.78 is 0. The topological polar surface area (TPSA) is 12.0 Å². The van der Waals surface area contributed by atoms with Crippen LogP contribution in [0.5, 0.6) is 0 Å². The minimum absolute atomic E-state index is 1.18. The summed E-state index contributed by atoms with van der Waals surface area (Å²) in [6.45, 7) is 4.61. The Kier molecular flexibility index (Phi) is 1.69. The first-order valence-electron chi connectivity index (χ1n) is 2.97. The van der Waals surface area contributed by atoms with E-state index >= 15 is 0 Å². The van der Waals surface area contributed by atoms with Crippen LogP contribution in [-0.4, -0.2) is 13.1 Å². The maximum Gasteiger partial charge on any atom is 0.00140 e. The molecule has 1 fully saturated rings. The molecular formula is C6H12N. The van der Waals surface area contributed by atoms with Crippen LogP contribution in [0.3, 0.4) is 0 Å². The van der Waals surface area contributed by atoms with Gasteiger partial charge in [-0.05, 0) is 25.3 Å². The smallest absolute Gasteiger partial charge is 0.00140 e. The second-order valence-corrected chi connectivity index (χ2v) is 2.03. The van der Waals surface area contributed by atoms with Crippen LogP contribution >= 0.6 is 0 Å². The highest BCUT2D eigenvalue weighted by atomic mass is 14.9. The minimum atomic E-state index is 1.18. The van der Waals surface area contributed by atoms with E-state index in [9.17, 15) is 0 Å². The average molecular weight is 98.2 g/mol. The Hall–Kier alpha value is -0.0400. The van der Waals surface area contributed by atoms with Gasteiger partial charge in [0.1, 0.15) is 0 Å². The highest BCUT2D eigenvalue weighted by Gasteiger charge is 2.10. The predicted octanol–water partition coefficient (Wildman–Crippen LogP) is 0.964. The molecule has 1 saturated heterocycles. The zero-order valence-corrected chi connectivity index (χ0v) is 4.83. The van der Waals surface area contributed by atoms with Crippen LogP contribution in [-0.2, 0) is 0 Å². The quantitative estimate of drug-likeness (QED) is 0.515. The van der Waals surface area contributed by atoms with Gasteiger partial charge >= 0.3 is 0 Å². The lowest BCUT2D eigenvalue weighted by Gasteiger charge is -1.97. The van der Waals surface area contributed by atoms with Crippen LogP contribution in [0.4, 0.5) is 0 Å². The first-order valence-corrected chi connectivity index (χ1v) is 2.97. The van der Waals surface area contributed by atoms with Gasteiger partial charge in [-0.25, -0.2) is 0 Å². The molecule has 1 heteroatoms. The molecule has 1 N–H and O–H groups in total. The fourth-order valence-electron chi connectivity index (χ4n) is 0.920. The van der Waals surface area contributed by atoms with Crippen molar-refractivity contribution in [3.63, 3.8) is 0 Å². The first kappa shape index (κ1) is 5.10. The SMILES string of the molecule is CC[C]1CCNC1. The third-order valence-corrected chi connectivity index (χ3v) is 1.53. The van der Waals surface area contributed by atoms with Crippen LogP contribution in [0, 0.1) is 5.92 Å². The van der Waals surface area contributed by atoms with Crippen molar-refractivity contribution in [1.29, 1.82) is 0 Å². The Labute approximate surface area is 45.1 Å². The van der Waals surface area contributed by atoms with Crippen LogP contribution < -0.4 is 5.32 Å². The second kappa shape index (κ2) is 2.31. The van der Waals surface area contributed by atoms with Gasteiger partial charge in [0, 0.05) is 6.54 Å². The van der Waals surface area contributed by atoms with Gasteiger partial charge in [-0.15, -0.1) is 0 Å². The van der Waals surface area contributed by atoms with E-state index in [0.29, 0.717) is 0 Å². The van der Waals surface area contributed by atoms with Crippen molar-refractivity contribution in [2.75, 3.05) is 13.1 Å². The molecule has 0 aromatic rings. The normalized spacial score (nSPS) is 23.6. The monoisotopic (exact) mass is 98.1 g/mol. The fraction of sp³-hybridized carbons (Fsp3) is 0.833. The summed E-state index contributed by atoms with van der Waals surface area (Å²) in [5, 5.41) is 3.29. The molecule has 0 bridgehead atoms. The maximum atomic E-state index is 3.29. The van der Waals surface area contributed by atoms with E-state index in [0.717, 1.165) is 0 Å². The molecule has 1 aliphatic heterocycles. The van der Waals surface area contributed by atoms with Gasteiger partial charge in [0.25, 0.3) is 0 Å². The van der Waals surface area contributed by atoms with Crippen LogP contribution in [0.1, 0.15) is 19.8 Å². The zero-order chi connectivity index (χ0) is 5.11. The molecule has 0 aliphatic carbocycles. The minimum Gasteiger partial charge on any atom is -0.316 e. The lowest BCUT2D eigenvalue weighted by atomic mass is 10.1. The Morgan fingerprint density at radius 3 is 2.86 bits per heavy atom. The summed E-state index contributed by atoms with van der Waals surface area (Å²) in [6, 6.07) is 0. The fourth-order valence-corrected chi connectivity index (χ4v) is 0.920. The molecule has 0 spiro atoms. The Morgan fingerprint density at radius 1 is 1.71 bits per heavy atom. The molecule has 0 unspecified atom stereocenters. The number of hydrogen-bond donors (Lipinski definition) is 1. The van der Waals surface area contributed by atoms with E-state index in [4.69, 9.17) is 0 Å². The van der Waals surface area contributed by atoms with E-state index < -0.39 is 0 Å². The highest BCUT2D eigenvalue weighted by Crippen LogP contribution is 2.12. The van der Waals surface area contributed by atoms with Gasteiger partial charge in [0.2, 0.25) is 0 Å². The molecular weight excluding hydrogens is 86.1 g/mol. The molecule has 1 nitrogen and oxygen atoms in total. The second-order valence-electron chi connectivity index (χ2n) is 2.03. The summed E-state index contributed by atoms with van der Waals surface area (Å²) in [6.07, 6.45) is 2.59. The molecule has 1 aliphatic rings. The molecule has 1 radical (unpaired) electrons. The molecule has 0 amide bonds. The van der Waals surface area contributed by atoms with E-state index in [1.165, 1.54) is 25.9 Å². The highest BCUT2D eigenvalue weighted by molar-refractivity contribution is 4.96. The van der Waals surface area contributed by atoms with E-state index in [1.807, 2.05) is 0 Å². The third kappa shape index (κ3) is 1.16. The Bertz CT molecular complexity index is 46.1. The largest absolute Gasteiger partial charge is 0.316 e. The third-order valence-electron chi connectivity index (χ3n) is 1.53. The zero-order valence-electron chi connectivity index (χ0n) is 4.83. The Balaban J connectivity index is 2.14. The van der Waals surface area contributed by atoms with Crippen LogP contribution in [0.25, 0.3) is 0 Å². The number of rotatable bonds is 1. The molecule has 0 aromatic carbocycles. The van der Waals surface area contributed by atoms with Crippen LogP contribution in [0.15, 0.2) is 0 Å². The van der Waals surface area contributed by atoms with Gasteiger partial charge in [-0.2, -0.15) is 0 Å². The summed E-state index contributed by atoms with van der Waals surface area (Å²) in [7, 11) is 0. The van der Waals surface area contributed by atoms with Gasteiger partial charge in [0.05, 0.1) is 0 Å². The molecule has 7 heavy (non-hydrogen) atoms. The van der Waals surface area contributed by atoms with Crippen molar-refractivity contribution < 1.29 is 0 Å². The van der Waals surface area contributed by atoms with Gasteiger partial charge in [-0.1, -0.05) is 6.92 Å². The lowest BCUT2D eigenvalue weighted by molar-refractivity contribution is 0.836. The average Bonchev–Trinajstić information content (AvgIpc) is 2.14. The van der Waals surface area contributed by atoms with Gasteiger partial charge in [0.15, 0.2) is 0 Å². The molecule has 0 saturated carbocycles. The van der Waals surface area contributed by atoms with Crippen molar-refractivity contribution in [2.24, 2.45) is 0 Å². The number of nitrogens with one attached hydrogen (secondary N) is 1. The molecule has 0 aromatic heterocycles. The van der Waals surface area contributed by atoms with Crippen molar-refractivity contribution in [2.45, 2.75) is 19.8 Å². The first-order chi connectivity index (χ1) is 3.43. The van der Waals surface area contributed by atoms with Gasteiger partial charge in [-0.3, -0.25) is 0 Å². The van der Waals surface area contributed by atoms with E-state index in [-0.39, 0.29) is 0 Å².